The maximum atomic E-state index is 14.1. The second kappa shape index (κ2) is 13.7. The smallest absolute Gasteiger partial charge is 0.340 e. The van der Waals surface area contributed by atoms with Crippen LogP contribution in [0.5, 0.6) is 0 Å². The summed E-state index contributed by atoms with van der Waals surface area (Å²) in [5, 5.41) is 12.7. The molecule has 1 aliphatic heterocycles. The lowest BCUT2D eigenvalue weighted by atomic mass is 9.45. The van der Waals surface area contributed by atoms with Gasteiger partial charge in [0.15, 0.2) is 17.8 Å². The minimum Gasteiger partial charge on any atom is -0.465 e. The molecule has 1 saturated heterocycles. The molecule has 2 heterocycles. The van der Waals surface area contributed by atoms with E-state index in [1.165, 1.54) is 43.6 Å². The monoisotopic (exact) mass is 711 g/mol. The van der Waals surface area contributed by atoms with Gasteiger partial charge in [-0.25, -0.2) is 9.59 Å². The second-order valence-electron chi connectivity index (χ2n) is 13.8. The molecule has 0 amide bonds. The van der Waals surface area contributed by atoms with E-state index in [4.69, 9.17) is 33.2 Å². The lowest BCUT2D eigenvalue weighted by Crippen LogP contribution is -2.85. The van der Waals surface area contributed by atoms with Gasteiger partial charge < -0.3 is 38.3 Å². The summed E-state index contributed by atoms with van der Waals surface area (Å²) in [7, 11) is 0. The van der Waals surface area contributed by atoms with Gasteiger partial charge in [-0.3, -0.25) is 24.2 Å². The van der Waals surface area contributed by atoms with Crippen molar-refractivity contribution in [1.29, 1.82) is 0 Å². The van der Waals surface area contributed by atoms with Gasteiger partial charge in [0.25, 0.3) is 0 Å². The fraction of sp³-hybridized carbons (Fsp3) is 0.528. The Kier molecular flexibility index (Phi) is 10.0. The number of rotatable bonds is 9. The van der Waals surface area contributed by atoms with Crippen LogP contribution in [0.2, 0.25) is 0 Å². The molecule has 5 rings (SSSR count). The quantitative estimate of drug-likeness (QED) is 0.294. The van der Waals surface area contributed by atoms with Crippen LogP contribution in [0.4, 0.5) is 0 Å². The Balaban J connectivity index is 1.90. The number of hydrogen-bond donors (Lipinski definition) is 1. The van der Waals surface area contributed by atoms with Crippen LogP contribution in [-0.2, 0) is 52.3 Å². The van der Waals surface area contributed by atoms with Crippen LogP contribution in [0.3, 0.4) is 0 Å². The number of esters is 6. The summed E-state index contributed by atoms with van der Waals surface area (Å²) in [6.07, 6.45) is -5.95. The van der Waals surface area contributed by atoms with E-state index in [-0.39, 0.29) is 11.1 Å². The molecule has 1 N–H and O–H groups in total. The third kappa shape index (κ3) is 6.44. The zero-order chi connectivity index (χ0) is 37.5. The molecular formula is C36H41NO14. The Bertz CT molecular complexity index is 1690. The Morgan fingerprint density at radius 3 is 1.90 bits per heavy atom. The van der Waals surface area contributed by atoms with Crippen LogP contribution >= 0.6 is 0 Å². The molecule has 51 heavy (non-hydrogen) atoms. The molecule has 1 aromatic carbocycles. The SMILES string of the molecule is CC(=O)OCC12C(OC(C)=O)C(OC(C)=O)CC(C)(O)C13OC(C)(C)C(C(OC(=O)c1cccnc1)C2OC(=O)c1ccccc1)C3OC(C)=O. The summed E-state index contributed by atoms with van der Waals surface area (Å²) >= 11 is 0. The normalized spacial score (nSPS) is 33.1. The molecule has 2 aliphatic carbocycles. The van der Waals surface area contributed by atoms with Gasteiger partial charge in [0.2, 0.25) is 0 Å². The van der Waals surface area contributed by atoms with E-state index in [0.29, 0.717) is 0 Å². The fourth-order valence-electron chi connectivity index (χ4n) is 8.30. The van der Waals surface area contributed by atoms with E-state index in [9.17, 15) is 33.9 Å². The van der Waals surface area contributed by atoms with Crippen molar-refractivity contribution in [2.75, 3.05) is 6.61 Å². The number of benzene rings is 1. The number of nitrogens with zero attached hydrogens (tertiary/aromatic N) is 1. The zero-order valence-electron chi connectivity index (χ0n) is 29.3. The minimum absolute atomic E-state index is 0.00207. The van der Waals surface area contributed by atoms with Gasteiger partial charge in [0.05, 0.1) is 28.2 Å². The second-order valence-corrected chi connectivity index (χ2v) is 13.8. The highest BCUT2D eigenvalue weighted by Gasteiger charge is 2.89. The average molecular weight is 712 g/mol. The highest BCUT2D eigenvalue weighted by Crippen LogP contribution is 2.69. The first-order valence-electron chi connectivity index (χ1n) is 16.3. The van der Waals surface area contributed by atoms with Gasteiger partial charge in [-0.15, -0.1) is 0 Å². The summed E-state index contributed by atoms with van der Waals surface area (Å²) in [4.78, 5) is 83.2. The molecule has 2 bridgehead atoms. The highest BCUT2D eigenvalue weighted by molar-refractivity contribution is 5.90. The van der Waals surface area contributed by atoms with Gasteiger partial charge >= 0.3 is 35.8 Å². The Morgan fingerprint density at radius 2 is 1.33 bits per heavy atom. The van der Waals surface area contributed by atoms with E-state index < -0.39 is 107 Å². The number of carbonyl (C=O) groups is 6. The first-order valence-corrected chi connectivity index (χ1v) is 16.3. The van der Waals surface area contributed by atoms with E-state index in [1.54, 1.807) is 32.0 Å². The number of hydrogen-bond acceptors (Lipinski definition) is 15. The molecule has 9 atom stereocenters. The number of pyridine rings is 1. The standard InChI is InChI=1S/C36H41NO14/c1-19(38)45-18-35-28(47-21(3)40)25(46-20(2)39)16-34(7,44)36(35)29(48-22(4)41)26(33(5,6)51-36)27(49-32(43)24-14-11-15-37-17-24)30(35)50-31(42)23-12-9-8-10-13-23/h8-15,17,25-30,44H,16,18H2,1-7H3. The molecule has 15 nitrogen and oxygen atoms in total. The third-order valence-corrected chi connectivity index (χ3v) is 9.85. The van der Waals surface area contributed by atoms with Gasteiger partial charge in [-0.2, -0.15) is 0 Å². The van der Waals surface area contributed by atoms with Crippen molar-refractivity contribution in [1.82, 2.24) is 4.98 Å². The maximum Gasteiger partial charge on any atom is 0.340 e. The van der Waals surface area contributed by atoms with Crippen LogP contribution in [0.1, 0.15) is 75.6 Å². The molecule has 2 aromatic rings. The molecule has 15 heteroatoms. The van der Waals surface area contributed by atoms with Crippen LogP contribution in [0.15, 0.2) is 54.9 Å². The first kappa shape index (κ1) is 37.4. The molecule has 0 radical (unpaired) electrons. The Labute approximate surface area is 293 Å². The Hall–Kier alpha value is -4.89. The summed E-state index contributed by atoms with van der Waals surface area (Å²) in [5.74, 6) is -6.48. The maximum absolute atomic E-state index is 14.1. The Morgan fingerprint density at radius 1 is 0.745 bits per heavy atom. The van der Waals surface area contributed by atoms with E-state index in [0.717, 1.165) is 27.7 Å². The van der Waals surface area contributed by atoms with Gasteiger partial charge in [0, 0.05) is 46.5 Å². The largest absolute Gasteiger partial charge is 0.465 e. The number of ether oxygens (including phenoxy) is 7. The van der Waals surface area contributed by atoms with Crippen molar-refractivity contribution in [3.8, 4) is 0 Å². The third-order valence-electron chi connectivity index (χ3n) is 9.85. The molecule has 274 valence electrons. The molecule has 2 saturated carbocycles. The molecule has 9 unspecified atom stereocenters. The van der Waals surface area contributed by atoms with Crippen molar-refractivity contribution < 1.29 is 67.0 Å². The summed E-state index contributed by atoms with van der Waals surface area (Å²) in [6, 6.07) is 10.7. The molecule has 1 spiro atoms. The average Bonchev–Trinajstić information content (AvgIpc) is 3.24. The predicted molar refractivity (Wildman–Crippen MR) is 171 cm³/mol. The molecule has 3 fully saturated rings. The van der Waals surface area contributed by atoms with Crippen molar-refractivity contribution in [2.24, 2.45) is 11.3 Å². The molecular weight excluding hydrogens is 670 g/mol. The van der Waals surface area contributed by atoms with Crippen molar-refractivity contribution in [2.45, 2.75) is 102 Å². The number of carbonyl (C=O) groups excluding carboxylic acids is 6. The van der Waals surface area contributed by atoms with E-state index in [2.05, 4.69) is 4.98 Å². The highest BCUT2D eigenvalue weighted by atomic mass is 16.7. The summed E-state index contributed by atoms with van der Waals surface area (Å²) in [6.45, 7) is 8.07. The van der Waals surface area contributed by atoms with Crippen molar-refractivity contribution in [3.05, 3.63) is 66.0 Å². The van der Waals surface area contributed by atoms with Crippen LogP contribution in [0.25, 0.3) is 0 Å². The van der Waals surface area contributed by atoms with E-state index in [1.807, 2.05) is 0 Å². The lowest BCUT2D eigenvalue weighted by molar-refractivity contribution is -0.362. The van der Waals surface area contributed by atoms with Crippen LogP contribution in [0, 0.1) is 11.3 Å². The lowest BCUT2D eigenvalue weighted by Gasteiger charge is -2.66. The van der Waals surface area contributed by atoms with Crippen molar-refractivity contribution in [3.63, 3.8) is 0 Å². The topological polar surface area (TPSA) is 200 Å². The van der Waals surface area contributed by atoms with Gasteiger partial charge in [-0.1, -0.05) is 18.2 Å². The van der Waals surface area contributed by atoms with Crippen LogP contribution < -0.4 is 0 Å². The number of aliphatic hydroxyl groups is 1. The molecule has 3 aliphatic rings. The zero-order valence-corrected chi connectivity index (χ0v) is 29.3. The van der Waals surface area contributed by atoms with E-state index >= 15 is 0 Å². The predicted octanol–water partition coefficient (Wildman–Crippen LogP) is 2.51. The summed E-state index contributed by atoms with van der Waals surface area (Å²) < 4.78 is 42.7. The summed E-state index contributed by atoms with van der Waals surface area (Å²) in [5.41, 5.74) is -8.18. The van der Waals surface area contributed by atoms with Gasteiger partial charge in [0.1, 0.15) is 30.3 Å². The van der Waals surface area contributed by atoms with Gasteiger partial charge in [-0.05, 0) is 45.0 Å². The fourth-order valence-corrected chi connectivity index (χ4v) is 8.30. The minimum atomic E-state index is -2.32. The first-order chi connectivity index (χ1) is 23.9. The van der Waals surface area contributed by atoms with Crippen molar-refractivity contribution >= 4 is 35.8 Å². The number of aromatic nitrogens is 1. The van der Waals surface area contributed by atoms with Crippen LogP contribution in [-0.4, -0.2) is 99.8 Å². The molecule has 1 aromatic heterocycles. The number of fused-ring (bicyclic) bond motifs is 1.